The molecule has 0 aliphatic carbocycles. The molecule has 0 saturated carbocycles. The smallest absolute Gasteiger partial charge is 0.00672 e. The Hall–Kier alpha value is -1.08. The lowest BCUT2D eigenvalue weighted by atomic mass is 10.1. The van der Waals surface area contributed by atoms with Crippen LogP contribution in [0.4, 0.5) is 0 Å². The predicted molar refractivity (Wildman–Crippen MR) is 86.4 cm³/mol. The molecular formula is C18H29N. The predicted octanol–water partition coefficient (Wildman–Crippen LogP) is 4.77. The van der Waals surface area contributed by atoms with Gasteiger partial charge in [-0.2, -0.15) is 0 Å². The van der Waals surface area contributed by atoms with E-state index in [4.69, 9.17) is 0 Å². The van der Waals surface area contributed by atoms with Crippen molar-refractivity contribution >= 4 is 6.08 Å². The standard InChI is InChI=1S/C18H29N/c1-6-15(4)19(16(5)7-2)14-13-18-11-9-17(8-3)10-12-18/h8-12,15-16H,3,6-7,13-14H2,1-2,4-5H3. The normalized spacial score (nSPS) is 14.4. The molecule has 0 heterocycles. The SMILES string of the molecule is C=Cc1ccc(CCN(C(C)CC)C(C)CC)cc1. The van der Waals surface area contributed by atoms with Crippen LogP contribution in [0, 0.1) is 0 Å². The number of hydrogen-bond acceptors (Lipinski definition) is 1. The summed E-state index contributed by atoms with van der Waals surface area (Å²) >= 11 is 0. The van der Waals surface area contributed by atoms with Crippen molar-refractivity contribution in [3.8, 4) is 0 Å². The molecule has 0 saturated heterocycles. The summed E-state index contributed by atoms with van der Waals surface area (Å²) in [6, 6.07) is 10.1. The Morgan fingerprint density at radius 3 is 2.00 bits per heavy atom. The van der Waals surface area contributed by atoms with Gasteiger partial charge >= 0.3 is 0 Å². The maximum absolute atomic E-state index is 3.80. The van der Waals surface area contributed by atoms with Crippen molar-refractivity contribution < 1.29 is 0 Å². The van der Waals surface area contributed by atoms with Crippen molar-refractivity contribution in [1.82, 2.24) is 4.90 Å². The van der Waals surface area contributed by atoms with E-state index in [9.17, 15) is 0 Å². The van der Waals surface area contributed by atoms with Crippen LogP contribution in [-0.2, 0) is 6.42 Å². The van der Waals surface area contributed by atoms with E-state index in [0.717, 1.165) is 13.0 Å². The summed E-state index contributed by atoms with van der Waals surface area (Å²) in [7, 11) is 0. The van der Waals surface area contributed by atoms with E-state index < -0.39 is 0 Å². The maximum atomic E-state index is 3.80. The molecular weight excluding hydrogens is 230 g/mol. The minimum Gasteiger partial charge on any atom is -0.298 e. The monoisotopic (exact) mass is 259 g/mol. The van der Waals surface area contributed by atoms with Crippen molar-refractivity contribution in [2.75, 3.05) is 6.54 Å². The molecule has 0 aliphatic rings. The number of nitrogens with zero attached hydrogens (tertiary/aromatic N) is 1. The van der Waals surface area contributed by atoms with Crippen molar-refractivity contribution in [1.29, 1.82) is 0 Å². The molecule has 1 heteroatoms. The van der Waals surface area contributed by atoms with Crippen LogP contribution >= 0.6 is 0 Å². The highest BCUT2D eigenvalue weighted by Crippen LogP contribution is 2.14. The zero-order valence-corrected chi connectivity index (χ0v) is 13.0. The van der Waals surface area contributed by atoms with E-state index in [1.807, 2.05) is 6.08 Å². The minimum atomic E-state index is 0.669. The van der Waals surface area contributed by atoms with Crippen LogP contribution in [-0.4, -0.2) is 23.5 Å². The summed E-state index contributed by atoms with van der Waals surface area (Å²) < 4.78 is 0. The summed E-state index contributed by atoms with van der Waals surface area (Å²) in [6.07, 6.45) is 5.47. The summed E-state index contributed by atoms with van der Waals surface area (Å²) in [5.74, 6) is 0. The Bertz CT molecular complexity index is 356. The number of benzene rings is 1. The van der Waals surface area contributed by atoms with Gasteiger partial charge in [0.05, 0.1) is 0 Å². The van der Waals surface area contributed by atoms with E-state index in [-0.39, 0.29) is 0 Å². The molecule has 0 N–H and O–H groups in total. The Kier molecular flexibility index (Phi) is 6.86. The molecule has 106 valence electrons. The van der Waals surface area contributed by atoms with E-state index in [2.05, 4.69) is 63.4 Å². The second kappa shape index (κ2) is 8.16. The van der Waals surface area contributed by atoms with Gasteiger partial charge in [0, 0.05) is 18.6 Å². The molecule has 0 aliphatic heterocycles. The zero-order valence-electron chi connectivity index (χ0n) is 13.0. The van der Waals surface area contributed by atoms with Gasteiger partial charge in [-0.05, 0) is 44.2 Å². The second-order valence-corrected chi connectivity index (χ2v) is 5.45. The quantitative estimate of drug-likeness (QED) is 0.650. The highest BCUT2D eigenvalue weighted by Gasteiger charge is 2.17. The Balaban J connectivity index is 2.61. The van der Waals surface area contributed by atoms with Crippen LogP contribution in [0.15, 0.2) is 30.8 Å². The first-order valence-electron chi connectivity index (χ1n) is 7.59. The molecule has 0 spiro atoms. The van der Waals surface area contributed by atoms with Crippen molar-refractivity contribution in [2.45, 2.75) is 59.0 Å². The van der Waals surface area contributed by atoms with Gasteiger partial charge in [-0.15, -0.1) is 0 Å². The topological polar surface area (TPSA) is 3.24 Å². The van der Waals surface area contributed by atoms with E-state index in [1.165, 1.54) is 24.0 Å². The van der Waals surface area contributed by atoms with Crippen LogP contribution < -0.4 is 0 Å². The number of rotatable bonds is 8. The van der Waals surface area contributed by atoms with Crippen molar-refractivity contribution in [3.63, 3.8) is 0 Å². The zero-order chi connectivity index (χ0) is 14.3. The largest absolute Gasteiger partial charge is 0.298 e. The Labute approximate surface area is 119 Å². The van der Waals surface area contributed by atoms with E-state index in [0.29, 0.717) is 12.1 Å². The van der Waals surface area contributed by atoms with Gasteiger partial charge in [-0.25, -0.2) is 0 Å². The molecule has 0 fully saturated rings. The van der Waals surface area contributed by atoms with Gasteiger partial charge in [-0.3, -0.25) is 4.90 Å². The molecule has 19 heavy (non-hydrogen) atoms. The molecule has 0 aromatic heterocycles. The second-order valence-electron chi connectivity index (χ2n) is 5.45. The van der Waals surface area contributed by atoms with Gasteiger partial charge in [0.25, 0.3) is 0 Å². The van der Waals surface area contributed by atoms with Gasteiger partial charge in [-0.1, -0.05) is 50.8 Å². The molecule has 0 bridgehead atoms. The molecule has 0 radical (unpaired) electrons. The Morgan fingerprint density at radius 2 is 1.58 bits per heavy atom. The van der Waals surface area contributed by atoms with Crippen LogP contribution in [0.1, 0.15) is 51.7 Å². The van der Waals surface area contributed by atoms with Crippen LogP contribution in [0.2, 0.25) is 0 Å². The molecule has 1 aromatic carbocycles. The first-order chi connectivity index (χ1) is 9.12. The molecule has 2 unspecified atom stereocenters. The van der Waals surface area contributed by atoms with Gasteiger partial charge in [0.1, 0.15) is 0 Å². The fourth-order valence-electron chi connectivity index (χ4n) is 2.42. The maximum Gasteiger partial charge on any atom is 0.00672 e. The molecule has 2 atom stereocenters. The van der Waals surface area contributed by atoms with Crippen LogP contribution in [0.3, 0.4) is 0 Å². The van der Waals surface area contributed by atoms with Crippen LogP contribution in [0.5, 0.6) is 0 Å². The average Bonchev–Trinajstić information content (AvgIpc) is 2.47. The summed E-state index contributed by atoms with van der Waals surface area (Å²) in [4.78, 5) is 2.64. The highest BCUT2D eigenvalue weighted by atomic mass is 15.2. The van der Waals surface area contributed by atoms with Gasteiger partial charge in [0.15, 0.2) is 0 Å². The third kappa shape index (κ3) is 4.83. The fraction of sp³-hybridized carbons (Fsp3) is 0.556. The molecule has 1 nitrogen and oxygen atoms in total. The van der Waals surface area contributed by atoms with Gasteiger partial charge < -0.3 is 0 Å². The van der Waals surface area contributed by atoms with E-state index >= 15 is 0 Å². The lowest BCUT2D eigenvalue weighted by molar-refractivity contribution is 0.148. The lowest BCUT2D eigenvalue weighted by Crippen LogP contribution is -2.41. The third-order valence-corrected chi connectivity index (χ3v) is 4.19. The summed E-state index contributed by atoms with van der Waals surface area (Å²) in [5, 5.41) is 0. The average molecular weight is 259 g/mol. The third-order valence-electron chi connectivity index (χ3n) is 4.19. The van der Waals surface area contributed by atoms with Crippen molar-refractivity contribution in [2.24, 2.45) is 0 Å². The highest BCUT2D eigenvalue weighted by molar-refractivity contribution is 5.47. The van der Waals surface area contributed by atoms with Gasteiger partial charge in [0.2, 0.25) is 0 Å². The molecule has 1 aromatic rings. The molecule has 0 amide bonds. The number of hydrogen-bond donors (Lipinski definition) is 0. The fourth-order valence-corrected chi connectivity index (χ4v) is 2.42. The first-order valence-corrected chi connectivity index (χ1v) is 7.59. The summed E-state index contributed by atoms with van der Waals surface area (Å²) in [5.41, 5.74) is 2.62. The van der Waals surface area contributed by atoms with Crippen molar-refractivity contribution in [3.05, 3.63) is 42.0 Å². The lowest BCUT2D eigenvalue weighted by Gasteiger charge is -2.33. The van der Waals surface area contributed by atoms with Crippen LogP contribution in [0.25, 0.3) is 6.08 Å². The Morgan fingerprint density at radius 1 is 1.05 bits per heavy atom. The minimum absolute atomic E-state index is 0.669. The first kappa shape index (κ1) is 16.0. The van der Waals surface area contributed by atoms with E-state index in [1.54, 1.807) is 0 Å². The summed E-state index contributed by atoms with van der Waals surface area (Å²) in [6.45, 7) is 14.2. The molecule has 1 rings (SSSR count).